The maximum Gasteiger partial charge on any atom is 0.255 e. The summed E-state index contributed by atoms with van der Waals surface area (Å²) in [6.07, 6.45) is 1.82. The molecular formula is C19H22IN5O2. The highest BCUT2D eigenvalue weighted by Gasteiger charge is 2.24. The number of carbonyl (C=O) groups excluding carboxylic acids is 1. The number of ether oxygens (including phenoxy) is 1. The minimum Gasteiger partial charge on any atom is -0.378 e. The molecule has 0 atom stereocenters. The van der Waals surface area contributed by atoms with Gasteiger partial charge in [-0.05, 0) is 40.8 Å². The van der Waals surface area contributed by atoms with E-state index >= 15 is 0 Å². The summed E-state index contributed by atoms with van der Waals surface area (Å²) < 4.78 is 6.40. The number of amides is 1. The van der Waals surface area contributed by atoms with Gasteiger partial charge in [-0.15, -0.1) is 0 Å². The Morgan fingerprint density at radius 2 is 1.70 bits per heavy atom. The molecule has 0 bridgehead atoms. The van der Waals surface area contributed by atoms with Gasteiger partial charge in [-0.1, -0.05) is 12.1 Å². The van der Waals surface area contributed by atoms with E-state index in [2.05, 4.69) is 37.4 Å². The van der Waals surface area contributed by atoms with Gasteiger partial charge in [0.1, 0.15) is 5.82 Å². The normalized spacial score (nSPS) is 17.9. The number of hydrogen-bond acceptors (Lipinski definition) is 6. The van der Waals surface area contributed by atoms with Crippen molar-refractivity contribution in [2.24, 2.45) is 0 Å². The van der Waals surface area contributed by atoms with Crippen LogP contribution in [0.15, 0.2) is 36.5 Å². The van der Waals surface area contributed by atoms with E-state index in [1.54, 1.807) is 0 Å². The molecule has 0 unspecified atom stereocenters. The van der Waals surface area contributed by atoms with Crippen LogP contribution in [-0.2, 0) is 4.74 Å². The summed E-state index contributed by atoms with van der Waals surface area (Å²) in [5, 5.41) is 0. The number of carbonyl (C=O) groups is 1. The topological polar surface area (TPSA) is 61.8 Å². The molecule has 2 aliphatic heterocycles. The molecule has 142 valence electrons. The molecule has 3 heterocycles. The first-order chi connectivity index (χ1) is 13.2. The van der Waals surface area contributed by atoms with Crippen molar-refractivity contribution < 1.29 is 9.53 Å². The van der Waals surface area contributed by atoms with Gasteiger partial charge in [0.15, 0.2) is 0 Å². The summed E-state index contributed by atoms with van der Waals surface area (Å²) in [5.41, 5.74) is 0.781. The monoisotopic (exact) mass is 479 g/mol. The molecule has 0 saturated carbocycles. The zero-order chi connectivity index (χ0) is 18.6. The number of halogens is 1. The second-order valence-corrected chi connectivity index (χ2v) is 7.74. The predicted molar refractivity (Wildman–Crippen MR) is 112 cm³/mol. The minimum atomic E-state index is 0.108. The van der Waals surface area contributed by atoms with Gasteiger partial charge < -0.3 is 19.4 Å². The summed E-state index contributed by atoms with van der Waals surface area (Å²) in [4.78, 5) is 28.3. The quantitative estimate of drug-likeness (QED) is 0.627. The molecule has 2 saturated heterocycles. The van der Waals surface area contributed by atoms with Crippen LogP contribution in [0.1, 0.15) is 10.4 Å². The van der Waals surface area contributed by atoms with Crippen molar-refractivity contribution in [2.75, 3.05) is 62.3 Å². The maximum absolute atomic E-state index is 12.8. The van der Waals surface area contributed by atoms with Crippen molar-refractivity contribution in [1.82, 2.24) is 14.9 Å². The van der Waals surface area contributed by atoms with E-state index in [0.717, 1.165) is 47.1 Å². The molecule has 1 aromatic carbocycles. The number of hydrogen-bond donors (Lipinski definition) is 0. The first kappa shape index (κ1) is 18.4. The summed E-state index contributed by atoms with van der Waals surface area (Å²) in [6.45, 7) is 6.01. The Labute approximate surface area is 172 Å². The van der Waals surface area contributed by atoms with Crippen LogP contribution >= 0.6 is 22.6 Å². The fraction of sp³-hybridized carbons (Fsp3) is 0.421. The van der Waals surface area contributed by atoms with E-state index in [-0.39, 0.29) is 5.91 Å². The van der Waals surface area contributed by atoms with Crippen LogP contribution in [0.3, 0.4) is 0 Å². The van der Waals surface area contributed by atoms with Gasteiger partial charge in [-0.3, -0.25) is 4.79 Å². The zero-order valence-electron chi connectivity index (χ0n) is 15.1. The average Bonchev–Trinajstić information content (AvgIpc) is 2.74. The number of piperazine rings is 1. The fourth-order valence-electron chi connectivity index (χ4n) is 3.37. The fourth-order valence-corrected chi connectivity index (χ4v) is 3.99. The lowest BCUT2D eigenvalue weighted by molar-refractivity contribution is 0.0745. The number of anilines is 2. The Balaban J connectivity index is 1.40. The number of rotatable bonds is 3. The van der Waals surface area contributed by atoms with E-state index in [1.807, 2.05) is 41.4 Å². The van der Waals surface area contributed by atoms with E-state index in [9.17, 15) is 4.79 Å². The van der Waals surface area contributed by atoms with E-state index in [1.165, 1.54) is 0 Å². The second-order valence-electron chi connectivity index (χ2n) is 6.57. The molecule has 0 N–H and O–H groups in total. The number of aromatic nitrogens is 2. The molecule has 2 aromatic rings. The van der Waals surface area contributed by atoms with E-state index in [0.29, 0.717) is 26.3 Å². The molecule has 0 aliphatic carbocycles. The van der Waals surface area contributed by atoms with Crippen molar-refractivity contribution in [3.63, 3.8) is 0 Å². The lowest BCUT2D eigenvalue weighted by Crippen LogP contribution is -2.49. The highest BCUT2D eigenvalue weighted by Crippen LogP contribution is 2.20. The third-order valence-electron chi connectivity index (χ3n) is 4.92. The van der Waals surface area contributed by atoms with E-state index in [4.69, 9.17) is 9.72 Å². The lowest BCUT2D eigenvalue weighted by atomic mass is 10.2. The Morgan fingerprint density at radius 1 is 0.963 bits per heavy atom. The molecule has 8 heteroatoms. The van der Waals surface area contributed by atoms with Gasteiger partial charge in [-0.2, -0.15) is 4.98 Å². The molecule has 27 heavy (non-hydrogen) atoms. The van der Waals surface area contributed by atoms with Gasteiger partial charge >= 0.3 is 0 Å². The van der Waals surface area contributed by atoms with Crippen LogP contribution < -0.4 is 9.80 Å². The van der Waals surface area contributed by atoms with Crippen molar-refractivity contribution in [2.45, 2.75) is 0 Å². The van der Waals surface area contributed by atoms with Gasteiger partial charge in [0, 0.05) is 49.0 Å². The van der Waals surface area contributed by atoms with Gasteiger partial charge in [0.25, 0.3) is 5.91 Å². The first-order valence-electron chi connectivity index (χ1n) is 9.17. The third kappa shape index (κ3) is 4.16. The lowest BCUT2D eigenvalue weighted by Gasteiger charge is -2.36. The Hall–Kier alpha value is -1.94. The minimum absolute atomic E-state index is 0.108. The summed E-state index contributed by atoms with van der Waals surface area (Å²) in [5.74, 6) is 1.79. The molecule has 0 spiro atoms. The van der Waals surface area contributed by atoms with Crippen LogP contribution in [0, 0.1) is 3.57 Å². The number of nitrogens with zero attached hydrogens (tertiary/aromatic N) is 5. The molecular weight excluding hydrogens is 457 g/mol. The molecule has 1 amide bonds. The SMILES string of the molecule is O=C(c1ccccc1I)N1CCN(c2ccnc(N3CCOCC3)n2)CC1. The predicted octanol–water partition coefficient (Wildman–Crippen LogP) is 1.88. The van der Waals surface area contributed by atoms with Crippen LogP contribution in [0.2, 0.25) is 0 Å². The Kier molecular flexibility index (Phi) is 5.72. The van der Waals surface area contributed by atoms with Crippen LogP contribution in [0.25, 0.3) is 0 Å². The largest absolute Gasteiger partial charge is 0.378 e. The highest BCUT2D eigenvalue weighted by molar-refractivity contribution is 14.1. The van der Waals surface area contributed by atoms with Crippen molar-refractivity contribution >= 4 is 40.3 Å². The molecule has 1 aromatic heterocycles. The molecule has 2 aliphatic rings. The van der Waals surface area contributed by atoms with E-state index < -0.39 is 0 Å². The highest BCUT2D eigenvalue weighted by atomic mass is 127. The third-order valence-corrected chi connectivity index (χ3v) is 5.86. The molecule has 7 nitrogen and oxygen atoms in total. The summed E-state index contributed by atoms with van der Waals surface area (Å²) in [7, 11) is 0. The van der Waals surface area contributed by atoms with Crippen molar-refractivity contribution in [3.05, 3.63) is 45.7 Å². The van der Waals surface area contributed by atoms with Crippen LogP contribution in [0.5, 0.6) is 0 Å². The van der Waals surface area contributed by atoms with Crippen molar-refractivity contribution in [1.29, 1.82) is 0 Å². The molecule has 2 fully saturated rings. The number of benzene rings is 1. The van der Waals surface area contributed by atoms with Gasteiger partial charge in [0.2, 0.25) is 5.95 Å². The van der Waals surface area contributed by atoms with Crippen molar-refractivity contribution in [3.8, 4) is 0 Å². The standard InChI is InChI=1S/C19H22IN5O2/c20-16-4-2-1-3-15(16)18(26)24-9-7-23(8-10-24)17-5-6-21-19(22-17)25-11-13-27-14-12-25/h1-6H,7-14H2. The zero-order valence-corrected chi connectivity index (χ0v) is 17.2. The van der Waals surface area contributed by atoms with Gasteiger partial charge in [0.05, 0.1) is 18.8 Å². The van der Waals surface area contributed by atoms with Crippen LogP contribution in [0.4, 0.5) is 11.8 Å². The summed E-state index contributed by atoms with van der Waals surface area (Å²) >= 11 is 2.22. The number of morpholine rings is 1. The Bertz CT molecular complexity index is 804. The maximum atomic E-state index is 12.8. The Morgan fingerprint density at radius 3 is 2.44 bits per heavy atom. The second kappa shape index (κ2) is 8.39. The van der Waals surface area contributed by atoms with Crippen LogP contribution in [-0.4, -0.2) is 73.3 Å². The molecule has 0 radical (unpaired) electrons. The average molecular weight is 479 g/mol. The van der Waals surface area contributed by atoms with Gasteiger partial charge in [-0.25, -0.2) is 4.98 Å². The molecule has 4 rings (SSSR count). The smallest absolute Gasteiger partial charge is 0.255 e. The summed E-state index contributed by atoms with van der Waals surface area (Å²) in [6, 6.07) is 9.69. The first-order valence-corrected chi connectivity index (χ1v) is 10.2.